The molecular weight excluding hydrogens is 347 g/mol. The monoisotopic (exact) mass is 359 g/mol. The molecule has 2 aromatic carbocycles. The van der Waals surface area contributed by atoms with Crippen LogP contribution in [0.2, 0.25) is 0 Å². The van der Waals surface area contributed by atoms with Gasteiger partial charge >= 0.3 is 16.3 Å². The van der Waals surface area contributed by atoms with Crippen molar-refractivity contribution >= 4 is 21.7 Å². The number of rotatable bonds is 4. The van der Waals surface area contributed by atoms with Crippen LogP contribution in [0.1, 0.15) is 12.5 Å². The molecule has 0 saturated carbocycles. The number of carbonyl (C=O) groups is 1. The number of hydrogen-bond acceptors (Lipinski definition) is 4. The molecule has 1 amide bonds. The van der Waals surface area contributed by atoms with Crippen molar-refractivity contribution in [3.63, 3.8) is 0 Å². The summed E-state index contributed by atoms with van der Waals surface area (Å²) in [7, 11) is -4.35. The zero-order valence-corrected chi connectivity index (χ0v) is 13.1. The Bertz CT molecular complexity index is 846. The number of nitrogens with one attached hydrogen (secondary N) is 1. The number of carbonyl (C=O) groups excluding carboxylic acids is 1. The van der Waals surface area contributed by atoms with Gasteiger partial charge in [-0.15, -0.1) is 0 Å². The fraction of sp³-hybridized carbons (Fsp3) is 0.133. The Balaban J connectivity index is 2.31. The highest BCUT2D eigenvalue weighted by Gasteiger charge is 2.31. The van der Waals surface area contributed by atoms with Crippen LogP contribution >= 0.6 is 0 Å². The second-order valence-corrected chi connectivity index (χ2v) is 6.28. The van der Waals surface area contributed by atoms with E-state index in [2.05, 4.69) is 5.32 Å². The first-order valence-corrected chi connectivity index (χ1v) is 7.99. The van der Waals surface area contributed by atoms with Crippen LogP contribution in [0.15, 0.2) is 53.4 Å². The molecule has 0 fully saturated rings. The summed E-state index contributed by atoms with van der Waals surface area (Å²) in [4.78, 5) is 10.7. The summed E-state index contributed by atoms with van der Waals surface area (Å²) in [6.45, 7) is 1.24. The molecule has 0 bridgehead atoms. The first kappa shape index (κ1) is 17.8. The summed E-state index contributed by atoms with van der Waals surface area (Å²) in [5.41, 5.74) is -0.847. The Labute approximate surface area is 136 Å². The Kier molecular flexibility index (Phi) is 4.83. The van der Waals surface area contributed by atoms with Crippen molar-refractivity contribution in [2.75, 3.05) is 5.32 Å². The van der Waals surface area contributed by atoms with Crippen LogP contribution in [-0.4, -0.2) is 14.3 Å². The van der Waals surface area contributed by atoms with Gasteiger partial charge in [-0.3, -0.25) is 4.79 Å². The molecule has 1 N–H and O–H groups in total. The minimum absolute atomic E-state index is 0.125. The molecule has 0 aliphatic rings. The SMILES string of the molecule is CC(=O)Nc1ccccc1OS(=O)(=O)c1ccc(C(F)(F)F)cc1. The fourth-order valence-electron chi connectivity index (χ4n) is 1.81. The van der Waals surface area contributed by atoms with E-state index in [4.69, 9.17) is 4.18 Å². The first-order valence-electron chi connectivity index (χ1n) is 6.58. The van der Waals surface area contributed by atoms with Gasteiger partial charge in [0.15, 0.2) is 5.75 Å². The van der Waals surface area contributed by atoms with Gasteiger partial charge in [0, 0.05) is 6.92 Å². The standard InChI is InChI=1S/C15H12F3NO4S/c1-10(20)19-13-4-2-3-5-14(13)23-24(21,22)12-8-6-11(7-9-12)15(16,17)18/h2-9H,1H3,(H,19,20). The summed E-state index contributed by atoms with van der Waals surface area (Å²) in [6.07, 6.45) is -4.57. The second-order valence-electron chi connectivity index (χ2n) is 4.74. The van der Waals surface area contributed by atoms with E-state index in [0.717, 1.165) is 12.1 Å². The van der Waals surface area contributed by atoms with Gasteiger partial charge in [-0.2, -0.15) is 21.6 Å². The third-order valence-corrected chi connectivity index (χ3v) is 4.12. The number of amides is 1. The highest BCUT2D eigenvalue weighted by atomic mass is 32.2. The fourth-order valence-corrected chi connectivity index (χ4v) is 2.76. The Morgan fingerprint density at radius 1 is 1.04 bits per heavy atom. The summed E-state index contributed by atoms with van der Waals surface area (Å²) in [6, 6.07) is 8.70. The summed E-state index contributed by atoms with van der Waals surface area (Å²) < 4.78 is 66.8. The van der Waals surface area contributed by atoms with Crippen LogP contribution < -0.4 is 9.50 Å². The van der Waals surface area contributed by atoms with Crippen LogP contribution in [0.25, 0.3) is 0 Å². The van der Waals surface area contributed by atoms with Gasteiger partial charge < -0.3 is 9.50 Å². The van der Waals surface area contributed by atoms with Crippen LogP contribution in [0, 0.1) is 0 Å². The number of benzene rings is 2. The van der Waals surface area contributed by atoms with Crippen molar-refractivity contribution in [2.24, 2.45) is 0 Å². The third-order valence-electron chi connectivity index (χ3n) is 2.87. The summed E-state index contributed by atoms with van der Waals surface area (Å²) in [5.74, 6) is -0.578. The maximum absolute atomic E-state index is 12.5. The molecule has 0 aliphatic heterocycles. The van der Waals surface area contributed by atoms with Gasteiger partial charge in [0.2, 0.25) is 5.91 Å². The van der Waals surface area contributed by atoms with Crippen LogP contribution in [0.5, 0.6) is 5.75 Å². The molecule has 0 unspecified atom stereocenters. The van der Waals surface area contributed by atoms with Crippen molar-refractivity contribution in [1.29, 1.82) is 0 Å². The molecule has 0 aliphatic carbocycles. The summed E-state index contributed by atoms with van der Waals surface area (Å²) >= 11 is 0. The molecule has 0 radical (unpaired) electrons. The highest BCUT2D eigenvalue weighted by molar-refractivity contribution is 7.87. The predicted molar refractivity (Wildman–Crippen MR) is 80.0 cm³/mol. The van der Waals surface area contributed by atoms with Crippen LogP contribution in [0.4, 0.5) is 18.9 Å². The Hall–Kier alpha value is -2.55. The highest BCUT2D eigenvalue weighted by Crippen LogP contribution is 2.31. The molecule has 5 nitrogen and oxygen atoms in total. The van der Waals surface area contributed by atoms with E-state index in [0.29, 0.717) is 12.1 Å². The van der Waals surface area contributed by atoms with Crippen molar-refractivity contribution in [1.82, 2.24) is 0 Å². The molecule has 2 rings (SSSR count). The molecule has 24 heavy (non-hydrogen) atoms. The van der Waals surface area contributed by atoms with Crippen molar-refractivity contribution in [2.45, 2.75) is 18.0 Å². The molecule has 0 saturated heterocycles. The number of hydrogen-bond donors (Lipinski definition) is 1. The molecule has 128 valence electrons. The zero-order valence-electron chi connectivity index (χ0n) is 12.3. The Morgan fingerprint density at radius 3 is 2.17 bits per heavy atom. The molecule has 0 atom stereocenters. The maximum Gasteiger partial charge on any atom is 0.416 e. The van der Waals surface area contributed by atoms with E-state index in [-0.39, 0.29) is 11.4 Å². The van der Waals surface area contributed by atoms with E-state index in [1.807, 2.05) is 0 Å². The molecule has 2 aromatic rings. The van der Waals surface area contributed by atoms with Crippen molar-refractivity contribution in [3.05, 3.63) is 54.1 Å². The minimum Gasteiger partial charge on any atom is -0.377 e. The van der Waals surface area contributed by atoms with E-state index < -0.39 is 32.7 Å². The largest absolute Gasteiger partial charge is 0.416 e. The van der Waals surface area contributed by atoms with Gasteiger partial charge in [-0.25, -0.2) is 0 Å². The predicted octanol–water partition coefficient (Wildman–Crippen LogP) is 3.43. The topological polar surface area (TPSA) is 72.5 Å². The first-order chi connectivity index (χ1) is 11.1. The molecule has 9 heteroatoms. The van der Waals surface area contributed by atoms with Gasteiger partial charge in [-0.1, -0.05) is 12.1 Å². The molecule has 0 aromatic heterocycles. The number of alkyl halides is 3. The lowest BCUT2D eigenvalue weighted by Gasteiger charge is -2.12. The van der Waals surface area contributed by atoms with Gasteiger partial charge in [0.05, 0.1) is 11.3 Å². The molecule has 0 heterocycles. The lowest BCUT2D eigenvalue weighted by molar-refractivity contribution is -0.137. The van der Waals surface area contributed by atoms with Crippen LogP contribution in [-0.2, 0) is 21.1 Å². The number of anilines is 1. The van der Waals surface area contributed by atoms with Gasteiger partial charge in [0.1, 0.15) is 4.90 Å². The lowest BCUT2D eigenvalue weighted by atomic mass is 10.2. The normalized spacial score (nSPS) is 11.8. The van der Waals surface area contributed by atoms with E-state index in [9.17, 15) is 26.4 Å². The number of para-hydroxylation sites is 2. The van der Waals surface area contributed by atoms with E-state index in [1.165, 1.54) is 25.1 Å². The molecule has 0 spiro atoms. The molecular formula is C15H12F3NO4S. The minimum atomic E-state index is -4.57. The maximum atomic E-state index is 12.5. The average molecular weight is 359 g/mol. The third kappa shape index (κ3) is 4.25. The van der Waals surface area contributed by atoms with E-state index in [1.54, 1.807) is 6.07 Å². The Morgan fingerprint density at radius 2 is 1.62 bits per heavy atom. The lowest BCUT2D eigenvalue weighted by Crippen LogP contribution is -2.13. The van der Waals surface area contributed by atoms with Gasteiger partial charge in [0.25, 0.3) is 0 Å². The smallest absolute Gasteiger partial charge is 0.377 e. The van der Waals surface area contributed by atoms with E-state index >= 15 is 0 Å². The quantitative estimate of drug-likeness (QED) is 0.849. The summed E-state index contributed by atoms with van der Waals surface area (Å²) in [5, 5.41) is 2.40. The van der Waals surface area contributed by atoms with Crippen molar-refractivity contribution < 1.29 is 30.6 Å². The van der Waals surface area contributed by atoms with Gasteiger partial charge in [-0.05, 0) is 36.4 Å². The second kappa shape index (κ2) is 6.52. The van der Waals surface area contributed by atoms with Crippen LogP contribution in [0.3, 0.4) is 0 Å². The average Bonchev–Trinajstić information content (AvgIpc) is 2.48. The van der Waals surface area contributed by atoms with Crippen molar-refractivity contribution in [3.8, 4) is 5.75 Å². The zero-order chi connectivity index (χ0) is 18.0. The number of halogens is 3.